The van der Waals surface area contributed by atoms with Gasteiger partial charge in [-0.1, -0.05) is 35.9 Å². The van der Waals surface area contributed by atoms with E-state index in [4.69, 9.17) is 16.7 Å². The highest BCUT2D eigenvalue weighted by molar-refractivity contribution is 6.44. The molecule has 1 aromatic rings. The van der Waals surface area contributed by atoms with E-state index in [1.807, 2.05) is 0 Å². The molecule has 0 spiro atoms. The Labute approximate surface area is 112 Å². The first-order valence-corrected chi connectivity index (χ1v) is 5.73. The number of aliphatic hydroxyl groups is 2. The van der Waals surface area contributed by atoms with Crippen LogP contribution in [0.3, 0.4) is 0 Å². The number of nitrogens with one attached hydrogen (secondary N) is 2. The number of carboxylic acids is 1. The number of hydrogen-bond donors (Lipinski definition) is 5. The summed E-state index contributed by atoms with van der Waals surface area (Å²) in [5.41, 5.74) is -0.0649. The Hall–Kier alpha value is -2.34. The van der Waals surface area contributed by atoms with Crippen molar-refractivity contribution in [3.63, 3.8) is 0 Å². The van der Waals surface area contributed by atoms with Gasteiger partial charge in [0.25, 0.3) is 0 Å². The topological polar surface area (TPSA) is 102 Å². The number of rotatable bonds is 3. The normalized spacial score (nSPS) is 16.5. The zero-order chi connectivity index (χ0) is 14.0. The number of aliphatic hydroxyl groups excluding tert-OH is 2. The third-order valence-electron chi connectivity index (χ3n) is 2.53. The van der Waals surface area contributed by atoms with Crippen LogP contribution in [-0.4, -0.2) is 27.8 Å². The minimum Gasteiger partial charge on any atom is -0.505 e. The van der Waals surface area contributed by atoms with Crippen LogP contribution in [-0.2, 0) is 4.79 Å². The maximum atomic E-state index is 10.4. The van der Waals surface area contributed by atoms with E-state index in [1.54, 1.807) is 24.3 Å². The quantitative estimate of drug-likeness (QED) is 0.384. The summed E-state index contributed by atoms with van der Waals surface area (Å²) in [4.78, 5) is 10.4. The second-order valence-electron chi connectivity index (χ2n) is 3.80. The molecule has 1 heterocycles. The predicted molar refractivity (Wildman–Crippen MR) is 69.4 cm³/mol. The second kappa shape index (κ2) is 5.11. The zero-order valence-corrected chi connectivity index (χ0v) is 10.4. The van der Waals surface area contributed by atoms with Crippen molar-refractivity contribution >= 4 is 28.5 Å². The third kappa shape index (κ3) is 2.58. The lowest BCUT2D eigenvalue weighted by atomic mass is 10.1. The van der Waals surface area contributed by atoms with Gasteiger partial charge in [0.15, 0.2) is 5.76 Å². The van der Waals surface area contributed by atoms with Crippen LogP contribution >= 0.6 is 11.6 Å². The van der Waals surface area contributed by atoms with Crippen LogP contribution in [0.1, 0.15) is 0 Å². The summed E-state index contributed by atoms with van der Waals surface area (Å²) in [6.45, 7) is -0.483. The first kappa shape index (κ1) is 13.1. The van der Waals surface area contributed by atoms with Gasteiger partial charge in [0.2, 0.25) is 5.88 Å². The fourth-order valence-corrected chi connectivity index (χ4v) is 1.93. The monoisotopic (exact) mass is 282 g/mol. The molecule has 0 amide bonds. The fourth-order valence-electron chi connectivity index (χ4n) is 1.67. The first-order chi connectivity index (χ1) is 9.00. The van der Waals surface area contributed by atoms with E-state index >= 15 is 0 Å². The lowest BCUT2D eigenvalue weighted by Crippen LogP contribution is -2.39. The molecule has 1 aliphatic rings. The van der Waals surface area contributed by atoms with Gasteiger partial charge in [-0.15, -0.1) is 0 Å². The van der Waals surface area contributed by atoms with Gasteiger partial charge in [-0.25, -0.2) is 0 Å². The van der Waals surface area contributed by atoms with E-state index in [9.17, 15) is 15.0 Å². The Morgan fingerprint density at radius 2 is 1.89 bits per heavy atom. The van der Waals surface area contributed by atoms with Gasteiger partial charge >= 0.3 is 5.97 Å². The zero-order valence-electron chi connectivity index (χ0n) is 9.64. The van der Waals surface area contributed by atoms with E-state index in [2.05, 4.69) is 10.6 Å². The molecule has 1 aliphatic heterocycles. The maximum Gasteiger partial charge on any atom is 0.322 e. The lowest BCUT2D eigenvalue weighted by molar-refractivity contribution is -0.135. The van der Waals surface area contributed by atoms with Crippen molar-refractivity contribution in [1.29, 1.82) is 0 Å². The highest BCUT2D eigenvalue weighted by atomic mass is 35.5. The van der Waals surface area contributed by atoms with E-state index in [0.717, 1.165) is 0 Å². The Morgan fingerprint density at radius 3 is 2.53 bits per heavy atom. The molecule has 0 atom stereocenters. The van der Waals surface area contributed by atoms with Gasteiger partial charge in [-0.3, -0.25) is 4.79 Å². The summed E-state index contributed by atoms with van der Waals surface area (Å²) in [6, 6.07) is 6.81. The Morgan fingerprint density at radius 1 is 1.26 bits per heavy atom. The van der Waals surface area contributed by atoms with Gasteiger partial charge in [0.1, 0.15) is 17.4 Å². The highest BCUT2D eigenvalue weighted by Gasteiger charge is 2.18. The standard InChI is InChI=1S/C12H11ClN2O4/c13-11-7-4-2-1-3-6(7)10(18)9(15-11)12(19)14-5-8(16)17/h1-4,14-15,18-19H,5H2,(H,16,17)/b12-9-. The largest absolute Gasteiger partial charge is 0.505 e. The van der Waals surface area contributed by atoms with Crippen molar-refractivity contribution in [2.24, 2.45) is 0 Å². The Kier molecular flexibility index (Phi) is 3.52. The first-order valence-electron chi connectivity index (χ1n) is 5.35. The van der Waals surface area contributed by atoms with Crippen molar-refractivity contribution in [3.8, 4) is 0 Å². The molecule has 7 heteroatoms. The smallest absolute Gasteiger partial charge is 0.322 e. The van der Waals surface area contributed by atoms with E-state index in [1.165, 1.54) is 0 Å². The van der Waals surface area contributed by atoms with Crippen molar-refractivity contribution in [1.82, 2.24) is 10.6 Å². The van der Waals surface area contributed by atoms with Crippen molar-refractivity contribution in [2.75, 3.05) is 6.54 Å². The number of carboxylic acid groups (broad SMARTS) is 1. The number of aliphatic carboxylic acids is 1. The maximum absolute atomic E-state index is 10.4. The summed E-state index contributed by atoms with van der Waals surface area (Å²) < 4.78 is 0. The molecule has 19 heavy (non-hydrogen) atoms. The van der Waals surface area contributed by atoms with Gasteiger partial charge < -0.3 is 26.0 Å². The van der Waals surface area contributed by atoms with Crippen LogP contribution in [0.25, 0.3) is 10.9 Å². The lowest BCUT2D eigenvalue weighted by Gasteiger charge is -2.16. The molecule has 100 valence electrons. The molecule has 0 saturated carbocycles. The van der Waals surface area contributed by atoms with Gasteiger partial charge in [-0.2, -0.15) is 0 Å². The molecule has 2 rings (SSSR count). The molecule has 0 radical (unpaired) electrons. The summed E-state index contributed by atoms with van der Waals surface area (Å²) >= 11 is 6.01. The Balaban J connectivity index is 2.51. The predicted octanol–water partition coefficient (Wildman–Crippen LogP) is -0.338. The molecule has 0 bridgehead atoms. The van der Waals surface area contributed by atoms with Crippen LogP contribution in [0, 0.1) is 0 Å². The van der Waals surface area contributed by atoms with Crippen LogP contribution in [0.15, 0.2) is 35.8 Å². The fraction of sp³-hybridized carbons (Fsp3) is 0.0833. The minimum absolute atomic E-state index is 0.0649. The van der Waals surface area contributed by atoms with Crippen LogP contribution in [0.2, 0.25) is 0 Å². The summed E-state index contributed by atoms with van der Waals surface area (Å²) in [6.07, 6.45) is 0. The van der Waals surface area contributed by atoms with E-state index in [-0.39, 0.29) is 16.6 Å². The van der Waals surface area contributed by atoms with Crippen LogP contribution in [0.4, 0.5) is 0 Å². The summed E-state index contributed by atoms with van der Waals surface area (Å²) in [5, 5.41) is 34.4. The van der Waals surface area contributed by atoms with Gasteiger partial charge in [-0.05, 0) is 0 Å². The molecule has 0 fully saturated rings. The molecule has 1 aromatic carbocycles. The van der Waals surface area contributed by atoms with Gasteiger partial charge in [0, 0.05) is 10.4 Å². The number of halogens is 1. The highest BCUT2D eigenvalue weighted by Crippen LogP contribution is 2.12. The summed E-state index contributed by atoms with van der Waals surface area (Å²) in [7, 11) is 0. The number of carbonyl (C=O) groups is 1. The molecule has 6 nitrogen and oxygen atoms in total. The molecule has 0 unspecified atom stereocenters. The Bertz CT molecular complexity index is 681. The van der Waals surface area contributed by atoms with Crippen molar-refractivity contribution < 1.29 is 20.1 Å². The van der Waals surface area contributed by atoms with Crippen molar-refractivity contribution in [2.45, 2.75) is 0 Å². The average Bonchev–Trinajstić information content (AvgIpc) is 2.40. The minimum atomic E-state index is -1.14. The number of hydrogen-bond acceptors (Lipinski definition) is 5. The number of fused-ring (bicyclic) bond motifs is 1. The molecule has 0 saturated heterocycles. The van der Waals surface area contributed by atoms with Crippen molar-refractivity contribution in [3.05, 3.63) is 46.3 Å². The van der Waals surface area contributed by atoms with E-state index < -0.39 is 18.4 Å². The molecule has 0 aromatic heterocycles. The molecule has 0 aliphatic carbocycles. The van der Waals surface area contributed by atoms with Crippen LogP contribution < -0.4 is 21.1 Å². The van der Waals surface area contributed by atoms with Gasteiger partial charge in [0.05, 0.1) is 0 Å². The SMILES string of the molecule is O=C(O)CN/C(O)=C1/NC(Cl)=c2ccccc2=C1O. The molecular weight excluding hydrogens is 272 g/mol. The summed E-state index contributed by atoms with van der Waals surface area (Å²) in [5.74, 6) is -1.85. The second-order valence-corrected chi connectivity index (χ2v) is 4.18. The number of benzene rings is 1. The molecular formula is C12H11ClN2O4. The van der Waals surface area contributed by atoms with Crippen LogP contribution in [0.5, 0.6) is 0 Å². The van der Waals surface area contributed by atoms with E-state index in [0.29, 0.717) is 10.4 Å². The average molecular weight is 283 g/mol. The third-order valence-corrected chi connectivity index (χ3v) is 2.83. The molecule has 5 N–H and O–H groups in total.